The number of rotatable bonds is 2. The first-order chi connectivity index (χ1) is 8.35. The Morgan fingerprint density at radius 2 is 2.28 bits per heavy atom. The summed E-state index contributed by atoms with van der Waals surface area (Å²) in [4.78, 5) is 14.3. The molecule has 0 amide bonds. The van der Waals surface area contributed by atoms with E-state index in [-0.39, 0.29) is 22.7 Å². The average Bonchev–Trinajstić information content (AvgIpc) is 2.68. The Hall–Kier alpha value is -1.15. The molecule has 5 heteroatoms. The molecular weight excluding hydrogens is 248 g/mol. The molecule has 2 aliphatic heterocycles. The number of nitrogens with zero attached hydrogens (tertiary/aromatic N) is 2. The molecule has 0 aromatic carbocycles. The maximum absolute atomic E-state index is 12.2. The van der Waals surface area contributed by atoms with Crippen LogP contribution in [0, 0.1) is 16.7 Å². The van der Waals surface area contributed by atoms with Crippen molar-refractivity contribution in [1.82, 2.24) is 4.90 Å². The van der Waals surface area contributed by atoms with Gasteiger partial charge in [0.2, 0.25) is 0 Å². The van der Waals surface area contributed by atoms with Crippen LogP contribution in [0.15, 0.2) is 10.6 Å². The molecule has 1 atom stereocenters. The molecule has 0 aliphatic carbocycles. The second-order valence-corrected chi connectivity index (χ2v) is 6.83. The molecule has 1 unspecified atom stereocenters. The molecule has 0 saturated carbocycles. The number of ether oxygens (including phenoxy) is 1. The third-order valence-electron chi connectivity index (χ3n) is 3.09. The zero-order chi connectivity index (χ0) is 13.5. The Kier molecular flexibility index (Phi) is 3.33. The van der Waals surface area contributed by atoms with E-state index in [2.05, 4.69) is 24.8 Å². The lowest BCUT2D eigenvalue weighted by Crippen LogP contribution is -2.29. The van der Waals surface area contributed by atoms with Crippen LogP contribution >= 0.6 is 11.8 Å². The lowest BCUT2D eigenvalue weighted by molar-refractivity contribution is -0.143. The van der Waals surface area contributed by atoms with E-state index in [0.717, 1.165) is 17.1 Å². The van der Waals surface area contributed by atoms with Gasteiger partial charge in [-0.1, -0.05) is 25.6 Å². The van der Waals surface area contributed by atoms with Gasteiger partial charge in [0, 0.05) is 18.5 Å². The van der Waals surface area contributed by atoms with Crippen LogP contribution in [0.5, 0.6) is 0 Å². The second-order valence-electron chi connectivity index (χ2n) is 5.63. The zero-order valence-electron chi connectivity index (χ0n) is 11.2. The molecule has 4 nitrogen and oxygen atoms in total. The highest BCUT2D eigenvalue weighted by Gasteiger charge is 2.46. The van der Waals surface area contributed by atoms with Crippen LogP contribution < -0.4 is 0 Å². The summed E-state index contributed by atoms with van der Waals surface area (Å²) in [7, 11) is 0. The highest BCUT2D eigenvalue weighted by atomic mass is 32.2. The van der Waals surface area contributed by atoms with Crippen LogP contribution in [0.3, 0.4) is 0 Å². The third-order valence-corrected chi connectivity index (χ3v) is 4.32. The fourth-order valence-electron chi connectivity index (χ4n) is 2.43. The van der Waals surface area contributed by atoms with Gasteiger partial charge in [-0.25, -0.2) is 4.79 Å². The van der Waals surface area contributed by atoms with E-state index in [9.17, 15) is 4.79 Å². The van der Waals surface area contributed by atoms with Gasteiger partial charge in [-0.2, -0.15) is 5.26 Å². The van der Waals surface area contributed by atoms with Crippen LogP contribution in [0.4, 0.5) is 0 Å². The third kappa shape index (κ3) is 2.22. The fourth-order valence-corrected chi connectivity index (χ4v) is 3.77. The molecule has 1 fully saturated rings. The van der Waals surface area contributed by atoms with Crippen molar-refractivity contribution in [2.24, 2.45) is 5.41 Å². The van der Waals surface area contributed by atoms with Gasteiger partial charge >= 0.3 is 5.97 Å². The maximum Gasteiger partial charge on any atom is 0.337 e. The predicted molar refractivity (Wildman–Crippen MR) is 70.6 cm³/mol. The Morgan fingerprint density at radius 1 is 1.61 bits per heavy atom. The summed E-state index contributed by atoms with van der Waals surface area (Å²) in [6.07, 6.45) is -0.117. The largest absolute Gasteiger partial charge is 0.460 e. The normalized spacial score (nSPS) is 25.3. The Morgan fingerprint density at radius 3 is 2.83 bits per heavy atom. The van der Waals surface area contributed by atoms with Gasteiger partial charge in [0.1, 0.15) is 5.25 Å². The molecule has 0 spiro atoms. The van der Waals surface area contributed by atoms with Crippen molar-refractivity contribution >= 4 is 17.7 Å². The molecule has 98 valence electrons. The van der Waals surface area contributed by atoms with Crippen molar-refractivity contribution in [3.05, 3.63) is 10.6 Å². The predicted octanol–water partition coefficient (Wildman–Crippen LogP) is 2.13. The van der Waals surface area contributed by atoms with Crippen molar-refractivity contribution in [2.45, 2.75) is 39.0 Å². The van der Waals surface area contributed by atoms with Gasteiger partial charge in [-0.3, -0.25) is 0 Å². The highest BCUT2D eigenvalue weighted by Crippen LogP contribution is 2.48. The Bertz CT molecular complexity index is 448. The molecule has 0 aromatic heterocycles. The zero-order valence-corrected chi connectivity index (χ0v) is 12.0. The summed E-state index contributed by atoms with van der Waals surface area (Å²) in [6, 6.07) is 2.26. The van der Waals surface area contributed by atoms with E-state index in [1.54, 1.807) is 0 Å². The highest BCUT2D eigenvalue weighted by molar-refractivity contribution is 8.04. The number of thioether (sulfide) groups is 1. The summed E-state index contributed by atoms with van der Waals surface area (Å²) in [5.74, 6) is -0.237. The molecule has 1 saturated heterocycles. The average molecular weight is 266 g/mol. The van der Waals surface area contributed by atoms with E-state index in [0.29, 0.717) is 6.54 Å². The molecule has 0 aromatic rings. The molecular formula is C13H18N2O2S. The summed E-state index contributed by atoms with van der Waals surface area (Å²) in [5.41, 5.74) is 0.535. The summed E-state index contributed by atoms with van der Waals surface area (Å²) >= 11 is 1.49. The quantitative estimate of drug-likeness (QED) is 0.717. The minimum Gasteiger partial charge on any atom is -0.460 e. The minimum absolute atomic E-state index is 0.0713. The van der Waals surface area contributed by atoms with Crippen molar-refractivity contribution in [2.75, 3.05) is 13.1 Å². The van der Waals surface area contributed by atoms with Gasteiger partial charge in [0.05, 0.1) is 22.8 Å². The van der Waals surface area contributed by atoms with Crippen LogP contribution in [-0.4, -0.2) is 35.3 Å². The first-order valence-corrected chi connectivity index (χ1v) is 7.00. The van der Waals surface area contributed by atoms with Crippen LogP contribution in [0.25, 0.3) is 0 Å². The van der Waals surface area contributed by atoms with Crippen LogP contribution in [-0.2, 0) is 9.53 Å². The smallest absolute Gasteiger partial charge is 0.337 e. The van der Waals surface area contributed by atoms with Crippen molar-refractivity contribution in [3.8, 4) is 6.07 Å². The molecule has 0 N–H and O–H groups in total. The van der Waals surface area contributed by atoms with E-state index in [1.165, 1.54) is 11.8 Å². The van der Waals surface area contributed by atoms with E-state index < -0.39 is 0 Å². The van der Waals surface area contributed by atoms with Gasteiger partial charge in [0.15, 0.2) is 0 Å². The van der Waals surface area contributed by atoms with Gasteiger partial charge in [-0.05, 0) is 13.8 Å². The first-order valence-electron chi connectivity index (χ1n) is 6.12. The van der Waals surface area contributed by atoms with Crippen molar-refractivity contribution < 1.29 is 9.53 Å². The number of hydrogen-bond acceptors (Lipinski definition) is 5. The van der Waals surface area contributed by atoms with E-state index in [1.807, 2.05) is 13.8 Å². The maximum atomic E-state index is 12.2. The Labute approximate surface area is 112 Å². The molecule has 0 bridgehead atoms. The standard InChI is InChI=1S/C13H18N2O2S/c1-8(2)17-12(16)10-11-15(7-13(10,3)4)6-9(5-14)18-11/h8-9H,6-7H2,1-4H3. The number of carbonyl (C=O) groups is 1. The van der Waals surface area contributed by atoms with E-state index in [4.69, 9.17) is 10.00 Å². The lowest BCUT2D eigenvalue weighted by atomic mass is 9.87. The molecule has 0 radical (unpaired) electrons. The monoisotopic (exact) mass is 266 g/mol. The van der Waals surface area contributed by atoms with Crippen LogP contribution in [0.1, 0.15) is 27.7 Å². The van der Waals surface area contributed by atoms with Gasteiger partial charge < -0.3 is 9.64 Å². The molecule has 18 heavy (non-hydrogen) atoms. The molecule has 2 rings (SSSR count). The summed E-state index contributed by atoms with van der Waals surface area (Å²) in [5, 5.41) is 9.86. The molecule has 2 heterocycles. The van der Waals surface area contributed by atoms with Gasteiger partial charge in [-0.15, -0.1) is 0 Å². The molecule has 2 aliphatic rings. The lowest BCUT2D eigenvalue weighted by Gasteiger charge is -2.23. The number of hydrogen-bond donors (Lipinski definition) is 0. The minimum atomic E-state index is -0.237. The Balaban J connectivity index is 2.31. The van der Waals surface area contributed by atoms with Crippen LogP contribution in [0.2, 0.25) is 0 Å². The topological polar surface area (TPSA) is 53.3 Å². The first kappa shape index (κ1) is 13.3. The van der Waals surface area contributed by atoms with Crippen molar-refractivity contribution in [1.29, 1.82) is 5.26 Å². The van der Waals surface area contributed by atoms with E-state index >= 15 is 0 Å². The number of esters is 1. The second kappa shape index (κ2) is 4.51. The van der Waals surface area contributed by atoms with Gasteiger partial charge in [0.25, 0.3) is 0 Å². The number of carbonyl (C=O) groups excluding carboxylic acids is 1. The number of fused-ring (bicyclic) bond motifs is 1. The number of nitriles is 1. The fraction of sp³-hybridized carbons (Fsp3) is 0.692. The van der Waals surface area contributed by atoms with Crippen molar-refractivity contribution in [3.63, 3.8) is 0 Å². The summed E-state index contributed by atoms with van der Waals surface area (Å²) < 4.78 is 5.33. The summed E-state index contributed by atoms with van der Waals surface area (Å²) in [6.45, 7) is 9.30. The SMILES string of the molecule is CC(C)OC(=O)C1=C2SC(C#N)CN2CC1(C)C.